The van der Waals surface area contributed by atoms with E-state index in [2.05, 4.69) is 10.3 Å². The summed E-state index contributed by atoms with van der Waals surface area (Å²) in [5.74, 6) is -2.82. The molecule has 0 N–H and O–H groups in total. The van der Waals surface area contributed by atoms with Crippen LogP contribution >= 0.6 is 0 Å². The standard InChI is InChI=1S/C18H11N5O7/c24-14(30-9-22-17(26)10-4-1-2-6-12(10)19-20-22)8-21-16(25)11-5-3-7-13(23(28)29)15(11)18(21)27/h1-7H,8-9H2. The summed E-state index contributed by atoms with van der Waals surface area (Å²) < 4.78 is 5.75. The molecular formula is C18H11N5O7. The summed E-state index contributed by atoms with van der Waals surface area (Å²) >= 11 is 0. The van der Waals surface area contributed by atoms with Gasteiger partial charge in [0.15, 0.2) is 6.73 Å². The van der Waals surface area contributed by atoms with Crippen LogP contribution in [0.1, 0.15) is 20.7 Å². The van der Waals surface area contributed by atoms with Crippen LogP contribution in [0.25, 0.3) is 10.9 Å². The zero-order chi connectivity index (χ0) is 21.4. The molecule has 12 heteroatoms. The van der Waals surface area contributed by atoms with Crippen molar-refractivity contribution in [1.29, 1.82) is 0 Å². The number of hydrogen-bond donors (Lipinski definition) is 0. The molecule has 1 aliphatic heterocycles. The van der Waals surface area contributed by atoms with Crippen molar-refractivity contribution in [3.05, 3.63) is 74.1 Å². The van der Waals surface area contributed by atoms with Gasteiger partial charge >= 0.3 is 5.97 Å². The first-order chi connectivity index (χ1) is 14.4. The van der Waals surface area contributed by atoms with Gasteiger partial charge in [-0.15, -0.1) is 5.10 Å². The average Bonchev–Trinajstić information content (AvgIpc) is 2.98. The van der Waals surface area contributed by atoms with E-state index in [0.29, 0.717) is 10.4 Å². The lowest BCUT2D eigenvalue weighted by atomic mass is 10.1. The molecule has 1 aliphatic rings. The third-order valence-corrected chi connectivity index (χ3v) is 4.44. The first kappa shape index (κ1) is 18.9. The normalized spacial score (nSPS) is 12.9. The van der Waals surface area contributed by atoms with E-state index in [0.717, 1.165) is 10.7 Å². The molecule has 0 saturated heterocycles. The summed E-state index contributed by atoms with van der Waals surface area (Å²) in [6, 6.07) is 10.1. The Hall–Kier alpha value is -4.48. The van der Waals surface area contributed by atoms with Gasteiger partial charge in [0.2, 0.25) is 0 Å². The highest BCUT2D eigenvalue weighted by molar-refractivity contribution is 6.24. The first-order valence-corrected chi connectivity index (χ1v) is 8.50. The number of nitro benzene ring substituents is 1. The molecule has 2 heterocycles. The summed E-state index contributed by atoms with van der Waals surface area (Å²) in [5.41, 5.74) is -1.24. The Balaban J connectivity index is 1.49. The molecule has 2 aromatic carbocycles. The molecule has 0 saturated carbocycles. The van der Waals surface area contributed by atoms with Gasteiger partial charge in [0.1, 0.15) is 17.6 Å². The maximum Gasteiger partial charge on any atom is 0.328 e. The molecule has 1 aromatic heterocycles. The van der Waals surface area contributed by atoms with Gasteiger partial charge in [-0.25, -0.2) is 0 Å². The summed E-state index contributed by atoms with van der Waals surface area (Å²) in [4.78, 5) is 60.2. The maximum atomic E-state index is 12.5. The molecule has 0 radical (unpaired) electrons. The quantitative estimate of drug-likeness (QED) is 0.253. The Labute approximate surface area is 166 Å². The summed E-state index contributed by atoms with van der Waals surface area (Å²) in [6.45, 7) is -1.36. The van der Waals surface area contributed by atoms with E-state index < -0.39 is 47.2 Å². The second-order valence-electron chi connectivity index (χ2n) is 6.21. The van der Waals surface area contributed by atoms with Gasteiger partial charge in [0.05, 0.1) is 15.9 Å². The zero-order valence-corrected chi connectivity index (χ0v) is 15.0. The molecule has 2 amide bonds. The molecule has 12 nitrogen and oxygen atoms in total. The Morgan fingerprint density at radius 2 is 1.83 bits per heavy atom. The Morgan fingerprint density at radius 1 is 1.07 bits per heavy atom. The van der Waals surface area contributed by atoms with Crippen molar-refractivity contribution >= 4 is 34.4 Å². The van der Waals surface area contributed by atoms with Crippen LogP contribution in [0.15, 0.2) is 47.3 Å². The van der Waals surface area contributed by atoms with Gasteiger partial charge in [0.25, 0.3) is 23.1 Å². The molecule has 0 fully saturated rings. The van der Waals surface area contributed by atoms with Gasteiger partial charge in [0, 0.05) is 6.07 Å². The lowest BCUT2D eigenvalue weighted by molar-refractivity contribution is -0.385. The third-order valence-electron chi connectivity index (χ3n) is 4.44. The van der Waals surface area contributed by atoms with Crippen molar-refractivity contribution in [2.75, 3.05) is 6.54 Å². The lowest BCUT2D eigenvalue weighted by Crippen LogP contribution is -2.36. The van der Waals surface area contributed by atoms with Gasteiger partial charge in [-0.3, -0.25) is 34.2 Å². The van der Waals surface area contributed by atoms with Crippen molar-refractivity contribution < 1.29 is 24.0 Å². The number of imide groups is 1. The average molecular weight is 409 g/mol. The molecule has 0 atom stereocenters. The number of nitro groups is 1. The monoisotopic (exact) mass is 409 g/mol. The minimum absolute atomic E-state index is 0.168. The molecule has 0 bridgehead atoms. The lowest BCUT2D eigenvalue weighted by Gasteiger charge is -2.13. The van der Waals surface area contributed by atoms with E-state index in [1.54, 1.807) is 18.2 Å². The van der Waals surface area contributed by atoms with Gasteiger partial charge in [-0.1, -0.05) is 23.4 Å². The minimum atomic E-state index is -1.01. The Bertz CT molecular complexity index is 1300. The van der Waals surface area contributed by atoms with Crippen LogP contribution in [0.3, 0.4) is 0 Å². The second kappa shape index (κ2) is 7.16. The molecule has 0 aliphatic carbocycles. The van der Waals surface area contributed by atoms with Crippen molar-refractivity contribution in [2.45, 2.75) is 6.73 Å². The molecule has 3 aromatic rings. The van der Waals surface area contributed by atoms with E-state index in [9.17, 15) is 29.3 Å². The summed E-state index contributed by atoms with van der Waals surface area (Å²) in [7, 11) is 0. The van der Waals surface area contributed by atoms with Crippen molar-refractivity contribution in [2.24, 2.45) is 0 Å². The molecule has 150 valence electrons. The number of hydrogen-bond acceptors (Lipinski definition) is 9. The van der Waals surface area contributed by atoms with E-state index in [1.807, 2.05) is 0 Å². The number of rotatable bonds is 5. The predicted molar refractivity (Wildman–Crippen MR) is 98.4 cm³/mol. The number of aromatic nitrogens is 3. The maximum absolute atomic E-state index is 12.5. The van der Waals surface area contributed by atoms with Gasteiger partial charge in [-0.05, 0) is 18.2 Å². The van der Waals surface area contributed by atoms with Crippen molar-refractivity contribution in [1.82, 2.24) is 19.9 Å². The van der Waals surface area contributed by atoms with Crippen LogP contribution in [-0.2, 0) is 16.3 Å². The number of esters is 1. The van der Waals surface area contributed by atoms with Crippen LogP contribution in [0, 0.1) is 10.1 Å². The highest BCUT2D eigenvalue weighted by atomic mass is 16.6. The molecule has 4 rings (SSSR count). The highest BCUT2D eigenvalue weighted by Crippen LogP contribution is 2.30. The fourth-order valence-electron chi connectivity index (χ4n) is 3.03. The topological polar surface area (TPSA) is 155 Å². The van der Waals surface area contributed by atoms with Crippen molar-refractivity contribution in [3.63, 3.8) is 0 Å². The second-order valence-corrected chi connectivity index (χ2v) is 6.21. The fourth-order valence-corrected chi connectivity index (χ4v) is 3.03. The molecule has 30 heavy (non-hydrogen) atoms. The van der Waals surface area contributed by atoms with E-state index in [1.165, 1.54) is 18.2 Å². The Kier molecular flexibility index (Phi) is 4.50. The smallest absolute Gasteiger partial charge is 0.328 e. The number of amides is 2. The minimum Gasteiger partial charge on any atom is -0.441 e. The fraction of sp³-hybridized carbons (Fsp3) is 0.111. The largest absolute Gasteiger partial charge is 0.441 e. The summed E-state index contributed by atoms with van der Waals surface area (Å²) in [5, 5.41) is 18.9. The highest BCUT2D eigenvalue weighted by Gasteiger charge is 2.41. The van der Waals surface area contributed by atoms with Crippen LogP contribution < -0.4 is 5.56 Å². The Morgan fingerprint density at radius 3 is 2.60 bits per heavy atom. The van der Waals surface area contributed by atoms with Crippen LogP contribution in [0.5, 0.6) is 0 Å². The number of carbonyl (C=O) groups is 3. The molecule has 0 spiro atoms. The van der Waals surface area contributed by atoms with Gasteiger partial charge in [-0.2, -0.15) is 4.68 Å². The predicted octanol–water partition coefficient (Wildman–Crippen LogP) is 0.497. The van der Waals surface area contributed by atoms with Crippen LogP contribution in [0.2, 0.25) is 0 Å². The molecule has 0 unspecified atom stereocenters. The third kappa shape index (κ3) is 3.05. The van der Waals surface area contributed by atoms with Gasteiger partial charge < -0.3 is 4.74 Å². The van der Waals surface area contributed by atoms with E-state index in [-0.39, 0.29) is 16.5 Å². The number of benzene rings is 2. The van der Waals surface area contributed by atoms with Crippen LogP contribution in [0.4, 0.5) is 5.69 Å². The van der Waals surface area contributed by atoms with Crippen molar-refractivity contribution in [3.8, 4) is 0 Å². The number of ether oxygens (including phenoxy) is 1. The number of carbonyl (C=O) groups excluding carboxylic acids is 3. The summed E-state index contributed by atoms with van der Waals surface area (Å²) in [6.07, 6.45) is 0. The SMILES string of the molecule is O=C(CN1C(=O)c2cccc([N+](=O)[O-])c2C1=O)OCn1nnc2ccccc2c1=O. The number of fused-ring (bicyclic) bond motifs is 2. The van der Waals surface area contributed by atoms with E-state index in [4.69, 9.17) is 4.74 Å². The zero-order valence-electron chi connectivity index (χ0n) is 15.0. The first-order valence-electron chi connectivity index (χ1n) is 8.50. The van der Waals surface area contributed by atoms with Crippen LogP contribution in [-0.4, -0.2) is 49.1 Å². The molecular weight excluding hydrogens is 398 g/mol. The number of nitrogens with zero attached hydrogens (tertiary/aromatic N) is 5. The van der Waals surface area contributed by atoms with E-state index >= 15 is 0 Å².